The van der Waals surface area contributed by atoms with Crippen molar-refractivity contribution < 1.29 is 24.5 Å². The van der Waals surface area contributed by atoms with Gasteiger partial charge in [0.25, 0.3) is 0 Å². The Hall–Kier alpha value is -1.40. The lowest BCUT2D eigenvalue weighted by Crippen LogP contribution is -2.45. The molecule has 0 saturated carbocycles. The highest BCUT2D eigenvalue weighted by Gasteiger charge is 2.20. The van der Waals surface area contributed by atoms with Crippen molar-refractivity contribution >= 4 is 11.9 Å². The summed E-state index contributed by atoms with van der Waals surface area (Å²) in [5, 5.41) is 23.1. The largest absolute Gasteiger partial charge is 0.466 e. The zero-order chi connectivity index (χ0) is 39.4. The number of aliphatic hydroxyl groups is 2. The van der Waals surface area contributed by atoms with Crippen LogP contribution in [-0.4, -0.2) is 47.4 Å². The molecule has 3 N–H and O–H groups in total. The Bertz CT molecular complexity index is 802. The topological polar surface area (TPSA) is 95.9 Å². The molecule has 2 atom stereocenters. The number of nitrogens with one attached hydrogen (secondary N) is 1. The van der Waals surface area contributed by atoms with Gasteiger partial charge in [-0.3, -0.25) is 9.59 Å². The van der Waals surface area contributed by atoms with E-state index in [9.17, 15) is 19.8 Å². The SMILES string of the molecule is CCCCCCC/C=C\CCCCCCCC(=O)OCCCCCCCCCCCCCCCC(=O)NC(CO)C(O)CCCCCCCCCCCC. The Morgan fingerprint density at radius 2 is 0.870 bits per heavy atom. The summed E-state index contributed by atoms with van der Waals surface area (Å²) in [4.78, 5) is 24.4. The summed E-state index contributed by atoms with van der Waals surface area (Å²) in [5.74, 6) is -0.0643. The summed E-state index contributed by atoms with van der Waals surface area (Å²) in [6.45, 7) is 4.89. The molecule has 1 amide bonds. The maximum atomic E-state index is 12.4. The molecule has 320 valence electrons. The van der Waals surface area contributed by atoms with Crippen molar-refractivity contribution in [2.75, 3.05) is 13.2 Å². The molecule has 0 aromatic rings. The molecule has 0 saturated heterocycles. The third-order valence-corrected chi connectivity index (χ3v) is 11.1. The molecule has 0 fully saturated rings. The van der Waals surface area contributed by atoms with E-state index in [0.29, 0.717) is 25.9 Å². The minimum Gasteiger partial charge on any atom is -0.466 e. The summed E-state index contributed by atoms with van der Waals surface area (Å²) in [7, 11) is 0. The predicted molar refractivity (Wildman–Crippen MR) is 232 cm³/mol. The first-order chi connectivity index (χ1) is 26.5. The molecule has 0 aliphatic rings. The number of esters is 1. The molecular weight excluding hydrogens is 671 g/mol. The van der Waals surface area contributed by atoms with E-state index in [4.69, 9.17) is 4.74 Å². The van der Waals surface area contributed by atoms with E-state index in [2.05, 4.69) is 31.3 Å². The average Bonchev–Trinajstić information content (AvgIpc) is 3.17. The molecule has 0 aliphatic carbocycles. The molecule has 6 heteroatoms. The number of carbonyl (C=O) groups is 2. The molecule has 0 heterocycles. The summed E-state index contributed by atoms with van der Waals surface area (Å²) in [5.41, 5.74) is 0. The van der Waals surface area contributed by atoms with Crippen LogP contribution in [0.5, 0.6) is 0 Å². The van der Waals surface area contributed by atoms with Crippen molar-refractivity contribution in [2.45, 2.75) is 270 Å². The highest BCUT2D eigenvalue weighted by Crippen LogP contribution is 2.16. The lowest BCUT2D eigenvalue weighted by atomic mass is 10.0. The van der Waals surface area contributed by atoms with Crippen molar-refractivity contribution in [3.8, 4) is 0 Å². The van der Waals surface area contributed by atoms with Crippen LogP contribution in [0.3, 0.4) is 0 Å². The van der Waals surface area contributed by atoms with Gasteiger partial charge in [0.15, 0.2) is 0 Å². The molecule has 2 unspecified atom stereocenters. The minimum atomic E-state index is -0.670. The van der Waals surface area contributed by atoms with Gasteiger partial charge in [0.1, 0.15) is 0 Å². The molecule has 6 nitrogen and oxygen atoms in total. The number of carbonyl (C=O) groups excluding carboxylic acids is 2. The van der Waals surface area contributed by atoms with E-state index in [-0.39, 0.29) is 18.5 Å². The quantitative estimate of drug-likeness (QED) is 0.0326. The fraction of sp³-hybridized carbons (Fsp3) is 0.917. The minimum absolute atomic E-state index is 0.0143. The Kier molecular flexibility index (Phi) is 43.2. The van der Waals surface area contributed by atoms with Crippen LogP contribution in [0, 0.1) is 0 Å². The molecule has 54 heavy (non-hydrogen) atoms. The van der Waals surface area contributed by atoms with Crippen LogP contribution < -0.4 is 5.32 Å². The highest BCUT2D eigenvalue weighted by molar-refractivity contribution is 5.76. The fourth-order valence-corrected chi connectivity index (χ4v) is 7.34. The molecule has 0 bridgehead atoms. The molecule has 0 aromatic carbocycles. The van der Waals surface area contributed by atoms with Crippen LogP contribution in [0.15, 0.2) is 12.2 Å². The van der Waals surface area contributed by atoms with Gasteiger partial charge < -0.3 is 20.3 Å². The van der Waals surface area contributed by atoms with Gasteiger partial charge in [-0.1, -0.05) is 206 Å². The average molecular weight is 764 g/mol. The first kappa shape index (κ1) is 52.6. The first-order valence-electron chi connectivity index (χ1n) is 23.9. The monoisotopic (exact) mass is 764 g/mol. The zero-order valence-corrected chi connectivity index (χ0v) is 36.2. The van der Waals surface area contributed by atoms with Crippen molar-refractivity contribution in [1.29, 1.82) is 0 Å². The zero-order valence-electron chi connectivity index (χ0n) is 36.2. The Balaban J connectivity index is 3.44. The number of ether oxygens (including phenoxy) is 1. The third kappa shape index (κ3) is 40.3. The molecule has 0 aromatic heterocycles. The molecule has 0 rings (SSSR count). The van der Waals surface area contributed by atoms with Gasteiger partial charge in [-0.15, -0.1) is 0 Å². The fourth-order valence-electron chi connectivity index (χ4n) is 7.34. The van der Waals surface area contributed by atoms with Gasteiger partial charge in [0.05, 0.1) is 25.4 Å². The summed E-state index contributed by atoms with van der Waals surface area (Å²) < 4.78 is 5.45. The summed E-state index contributed by atoms with van der Waals surface area (Å²) >= 11 is 0. The van der Waals surface area contributed by atoms with Gasteiger partial charge in [-0.25, -0.2) is 0 Å². The van der Waals surface area contributed by atoms with Crippen LogP contribution >= 0.6 is 0 Å². The highest BCUT2D eigenvalue weighted by atomic mass is 16.5. The number of amides is 1. The maximum absolute atomic E-state index is 12.4. The number of unbranched alkanes of at least 4 members (excludes halogenated alkanes) is 31. The van der Waals surface area contributed by atoms with Crippen molar-refractivity contribution in [1.82, 2.24) is 5.32 Å². The number of allylic oxidation sites excluding steroid dienone is 2. The van der Waals surface area contributed by atoms with E-state index in [1.165, 1.54) is 173 Å². The third-order valence-electron chi connectivity index (χ3n) is 11.1. The van der Waals surface area contributed by atoms with Crippen LogP contribution in [0.2, 0.25) is 0 Å². The molecule has 0 aliphatic heterocycles. The van der Waals surface area contributed by atoms with Gasteiger partial charge in [-0.05, 0) is 51.4 Å². The number of hydrogen-bond acceptors (Lipinski definition) is 5. The van der Waals surface area contributed by atoms with Crippen molar-refractivity contribution in [3.63, 3.8) is 0 Å². The van der Waals surface area contributed by atoms with Gasteiger partial charge in [0, 0.05) is 12.8 Å². The second-order valence-electron chi connectivity index (χ2n) is 16.4. The van der Waals surface area contributed by atoms with Gasteiger partial charge in [-0.2, -0.15) is 0 Å². The number of rotatable bonds is 44. The predicted octanol–water partition coefficient (Wildman–Crippen LogP) is 13.8. The van der Waals surface area contributed by atoms with E-state index in [1.807, 2.05) is 0 Å². The Morgan fingerprint density at radius 1 is 0.500 bits per heavy atom. The van der Waals surface area contributed by atoms with Crippen molar-refractivity contribution in [3.05, 3.63) is 12.2 Å². The van der Waals surface area contributed by atoms with Gasteiger partial charge in [0.2, 0.25) is 5.91 Å². The Labute approximate surface area is 336 Å². The van der Waals surface area contributed by atoms with E-state index < -0.39 is 12.1 Å². The Morgan fingerprint density at radius 3 is 1.31 bits per heavy atom. The molecule has 0 radical (unpaired) electrons. The smallest absolute Gasteiger partial charge is 0.305 e. The van der Waals surface area contributed by atoms with Crippen LogP contribution in [-0.2, 0) is 14.3 Å². The van der Waals surface area contributed by atoms with Crippen LogP contribution in [0.1, 0.15) is 258 Å². The van der Waals surface area contributed by atoms with E-state index >= 15 is 0 Å². The van der Waals surface area contributed by atoms with Crippen molar-refractivity contribution in [2.24, 2.45) is 0 Å². The van der Waals surface area contributed by atoms with E-state index in [1.54, 1.807) is 0 Å². The molecule has 0 spiro atoms. The standard InChI is InChI=1S/C48H93NO5/c1-3-5-7-9-11-13-15-16-19-22-26-30-34-38-42-48(53)54-43-39-35-31-27-23-20-17-18-21-25-29-33-37-41-47(52)49-45(44-50)46(51)40-36-32-28-24-14-12-10-8-6-4-2/h15-16,45-46,50-51H,3-14,17-44H2,1-2H3,(H,49,52)/b16-15-. The molecular formula is C48H93NO5. The van der Waals surface area contributed by atoms with Crippen LogP contribution in [0.25, 0.3) is 0 Å². The lowest BCUT2D eigenvalue weighted by Gasteiger charge is -2.22. The number of aliphatic hydroxyl groups excluding tert-OH is 2. The normalized spacial score (nSPS) is 12.7. The van der Waals surface area contributed by atoms with Gasteiger partial charge >= 0.3 is 5.97 Å². The maximum Gasteiger partial charge on any atom is 0.305 e. The second-order valence-corrected chi connectivity index (χ2v) is 16.4. The second kappa shape index (κ2) is 44.3. The van der Waals surface area contributed by atoms with E-state index in [0.717, 1.165) is 51.4 Å². The van der Waals surface area contributed by atoms with Crippen LogP contribution in [0.4, 0.5) is 0 Å². The lowest BCUT2D eigenvalue weighted by molar-refractivity contribution is -0.143. The summed E-state index contributed by atoms with van der Waals surface area (Å²) in [6.07, 6.45) is 48.8. The summed E-state index contributed by atoms with van der Waals surface area (Å²) in [6, 6.07) is -0.548. The number of hydrogen-bond donors (Lipinski definition) is 3. The first-order valence-corrected chi connectivity index (χ1v) is 23.9.